The van der Waals surface area contributed by atoms with Crippen LogP contribution in [0.2, 0.25) is 0 Å². The molecule has 1 atom stereocenters. The molecule has 2 aromatic carbocycles. The van der Waals surface area contributed by atoms with Gasteiger partial charge in [0, 0.05) is 32.7 Å². The molecular formula is C25H34N2O4. The van der Waals surface area contributed by atoms with Crippen molar-refractivity contribution < 1.29 is 19.1 Å². The summed E-state index contributed by atoms with van der Waals surface area (Å²) in [6.07, 6.45) is 1.83. The lowest BCUT2D eigenvalue weighted by Crippen LogP contribution is -2.43. The number of amides is 2. The minimum atomic E-state index is -0.700. The van der Waals surface area contributed by atoms with Gasteiger partial charge in [0.05, 0.1) is 7.11 Å². The van der Waals surface area contributed by atoms with E-state index in [1.165, 1.54) is 0 Å². The Bertz CT molecular complexity index is 793. The SMILES string of the molecule is CCCC(=O)N(Cc1ccc(OC)cc1)C(C(=O)NCCCOCC)c1ccccc1. The van der Waals surface area contributed by atoms with Crippen LogP contribution in [-0.2, 0) is 20.9 Å². The molecule has 0 saturated carbocycles. The van der Waals surface area contributed by atoms with Crippen LogP contribution in [0.25, 0.3) is 0 Å². The molecule has 31 heavy (non-hydrogen) atoms. The molecule has 0 bridgehead atoms. The summed E-state index contributed by atoms with van der Waals surface area (Å²) in [5, 5.41) is 2.99. The molecule has 0 aliphatic carbocycles. The minimum absolute atomic E-state index is 0.0448. The van der Waals surface area contributed by atoms with Gasteiger partial charge in [0.15, 0.2) is 0 Å². The van der Waals surface area contributed by atoms with Crippen LogP contribution >= 0.6 is 0 Å². The van der Waals surface area contributed by atoms with Gasteiger partial charge in [-0.3, -0.25) is 9.59 Å². The first-order valence-electron chi connectivity index (χ1n) is 10.9. The number of hydrogen-bond acceptors (Lipinski definition) is 4. The second-order valence-electron chi connectivity index (χ2n) is 7.27. The number of benzene rings is 2. The Hall–Kier alpha value is -2.86. The summed E-state index contributed by atoms with van der Waals surface area (Å²) in [5.74, 6) is 0.527. The Morgan fingerprint density at radius 2 is 1.74 bits per heavy atom. The largest absolute Gasteiger partial charge is 0.497 e. The first kappa shape index (κ1) is 24.4. The third kappa shape index (κ3) is 7.72. The summed E-state index contributed by atoms with van der Waals surface area (Å²) in [6, 6.07) is 16.3. The zero-order valence-electron chi connectivity index (χ0n) is 18.8. The van der Waals surface area contributed by atoms with Crippen molar-refractivity contribution in [3.05, 3.63) is 65.7 Å². The minimum Gasteiger partial charge on any atom is -0.497 e. The summed E-state index contributed by atoms with van der Waals surface area (Å²) in [4.78, 5) is 28.0. The van der Waals surface area contributed by atoms with Gasteiger partial charge in [0.25, 0.3) is 0 Å². The highest BCUT2D eigenvalue weighted by atomic mass is 16.5. The predicted molar refractivity (Wildman–Crippen MR) is 122 cm³/mol. The Morgan fingerprint density at radius 3 is 2.35 bits per heavy atom. The number of rotatable bonds is 13. The van der Waals surface area contributed by atoms with E-state index in [2.05, 4.69) is 5.32 Å². The molecule has 0 aromatic heterocycles. The molecule has 168 valence electrons. The van der Waals surface area contributed by atoms with Crippen LogP contribution in [0.3, 0.4) is 0 Å². The van der Waals surface area contributed by atoms with Crippen molar-refractivity contribution in [1.29, 1.82) is 0 Å². The van der Waals surface area contributed by atoms with E-state index in [1.54, 1.807) is 12.0 Å². The van der Waals surface area contributed by atoms with E-state index in [1.807, 2.05) is 68.4 Å². The summed E-state index contributed by atoms with van der Waals surface area (Å²) in [5.41, 5.74) is 1.73. The maximum absolute atomic E-state index is 13.3. The third-order valence-corrected chi connectivity index (χ3v) is 4.94. The normalized spacial score (nSPS) is 11.6. The molecule has 0 spiro atoms. The van der Waals surface area contributed by atoms with Gasteiger partial charge in [-0.1, -0.05) is 49.4 Å². The molecular weight excluding hydrogens is 392 g/mol. The van der Waals surface area contributed by atoms with Crippen molar-refractivity contribution in [3.63, 3.8) is 0 Å². The zero-order valence-corrected chi connectivity index (χ0v) is 18.8. The summed E-state index contributed by atoms with van der Waals surface area (Å²) >= 11 is 0. The van der Waals surface area contributed by atoms with Crippen LogP contribution in [0, 0.1) is 0 Å². The molecule has 0 aliphatic rings. The number of ether oxygens (including phenoxy) is 2. The average Bonchev–Trinajstić information content (AvgIpc) is 2.80. The van der Waals surface area contributed by atoms with Crippen molar-refractivity contribution in [2.24, 2.45) is 0 Å². The predicted octanol–water partition coefficient (Wildman–Crippen LogP) is 4.11. The van der Waals surface area contributed by atoms with E-state index in [-0.39, 0.29) is 11.8 Å². The molecule has 6 nitrogen and oxygen atoms in total. The molecule has 0 saturated heterocycles. The molecule has 2 amide bonds. The standard InChI is InChI=1S/C25H34N2O4/c1-4-10-23(28)27(19-20-13-15-22(30-3)16-14-20)24(21-11-7-6-8-12-21)25(29)26-17-9-18-31-5-2/h6-8,11-16,24H,4-5,9-10,17-19H2,1-3H3,(H,26,29). The maximum atomic E-state index is 13.3. The quantitative estimate of drug-likeness (QED) is 0.490. The lowest BCUT2D eigenvalue weighted by molar-refractivity contribution is -0.141. The fraction of sp³-hybridized carbons (Fsp3) is 0.440. The van der Waals surface area contributed by atoms with Crippen molar-refractivity contribution in [2.75, 3.05) is 26.9 Å². The van der Waals surface area contributed by atoms with Crippen molar-refractivity contribution in [1.82, 2.24) is 10.2 Å². The van der Waals surface area contributed by atoms with E-state index in [4.69, 9.17) is 9.47 Å². The van der Waals surface area contributed by atoms with Crippen molar-refractivity contribution in [3.8, 4) is 5.75 Å². The van der Waals surface area contributed by atoms with Gasteiger partial charge in [0.1, 0.15) is 11.8 Å². The number of carbonyl (C=O) groups is 2. The van der Waals surface area contributed by atoms with Crippen LogP contribution in [0.1, 0.15) is 50.3 Å². The Morgan fingerprint density at radius 1 is 1.03 bits per heavy atom. The van der Waals surface area contributed by atoms with Crippen molar-refractivity contribution >= 4 is 11.8 Å². The van der Waals surface area contributed by atoms with E-state index >= 15 is 0 Å². The fourth-order valence-corrected chi connectivity index (χ4v) is 3.34. The second kappa shape index (κ2) is 13.4. The van der Waals surface area contributed by atoms with Gasteiger partial charge in [-0.15, -0.1) is 0 Å². The summed E-state index contributed by atoms with van der Waals surface area (Å²) in [7, 11) is 1.62. The van der Waals surface area contributed by atoms with Crippen molar-refractivity contribution in [2.45, 2.75) is 45.7 Å². The summed E-state index contributed by atoms with van der Waals surface area (Å²) < 4.78 is 10.6. The highest BCUT2D eigenvalue weighted by molar-refractivity contribution is 5.88. The van der Waals surface area contributed by atoms with Crippen LogP contribution in [0.15, 0.2) is 54.6 Å². The van der Waals surface area contributed by atoms with Crippen LogP contribution in [0.5, 0.6) is 5.75 Å². The Labute approximate surface area is 185 Å². The average molecular weight is 427 g/mol. The van der Waals surface area contributed by atoms with Gasteiger partial charge in [0.2, 0.25) is 11.8 Å². The molecule has 0 fully saturated rings. The molecule has 0 radical (unpaired) electrons. The number of carbonyl (C=O) groups excluding carboxylic acids is 2. The first-order chi connectivity index (χ1) is 15.1. The Balaban J connectivity index is 2.28. The molecule has 1 N–H and O–H groups in total. The topological polar surface area (TPSA) is 67.9 Å². The van der Waals surface area contributed by atoms with Gasteiger partial charge in [-0.25, -0.2) is 0 Å². The Kier molecular flexibility index (Phi) is 10.6. The third-order valence-electron chi connectivity index (χ3n) is 4.94. The second-order valence-corrected chi connectivity index (χ2v) is 7.27. The zero-order chi connectivity index (χ0) is 22.5. The van der Waals surface area contributed by atoms with E-state index in [9.17, 15) is 9.59 Å². The number of methoxy groups -OCH3 is 1. The molecule has 0 heterocycles. The monoisotopic (exact) mass is 426 g/mol. The molecule has 0 aliphatic heterocycles. The smallest absolute Gasteiger partial charge is 0.247 e. The maximum Gasteiger partial charge on any atom is 0.247 e. The van der Waals surface area contributed by atoms with E-state index in [0.717, 1.165) is 29.7 Å². The molecule has 2 aromatic rings. The van der Waals surface area contributed by atoms with E-state index in [0.29, 0.717) is 32.7 Å². The lowest BCUT2D eigenvalue weighted by atomic mass is 10.0. The van der Waals surface area contributed by atoms with E-state index < -0.39 is 6.04 Å². The fourth-order valence-electron chi connectivity index (χ4n) is 3.34. The lowest BCUT2D eigenvalue weighted by Gasteiger charge is -2.31. The van der Waals surface area contributed by atoms with Crippen LogP contribution in [0.4, 0.5) is 0 Å². The molecule has 6 heteroatoms. The van der Waals surface area contributed by atoms with Gasteiger partial charge < -0.3 is 19.7 Å². The van der Waals surface area contributed by atoms with Crippen LogP contribution in [-0.4, -0.2) is 43.6 Å². The number of nitrogens with zero attached hydrogens (tertiary/aromatic N) is 1. The van der Waals surface area contributed by atoms with Gasteiger partial charge in [-0.05, 0) is 43.0 Å². The highest BCUT2D eigenvalue weighted by Gasteiger charge is 2.30. The molecule has 2 rings (SSSR count). The molecule has 1 unspecified atom stereocenters. The number of hydrogen-bond donors (Lipinski definition) is 1. The first-order valence-corrected chi connectivity index (χ1v) is 10.9. The summed E-state index contributed by atoms with van der Waals surface area (Å²) in [6.45, 7) is 6.00. The van der Waals surface area contributed by atoms with Crippen LogP contribution < -0.4 is 10.1 Å². The van der Waals surface area contributed by atoms with Gasteiger partial charge in [-0.2, -0.15) is 0 Å². The highest BCUT2D eigenvalue weighted by Crippen LogP contribution is 2.25. The number of nitrogens with one attached hydrogen (secondary N) is 1. The van der Waals surface area contributed by atoms with Gasteiger partial charge >= 0.3 is 0 Å².